The van der Waals surface area contributed by atoms with Gasteiger partial charge < -0.3 is 14.7 Å². The first kappa shape index (κ1) is 26.3. The Hall–Kier alpha value is -5.31. The number of nitrogens with zero attached hydrogens (tertiary/aromatic N) is 2. The number of aromatic nitrogens is 1. The molecule has 0 spiro atoms. The van der Waals surface area contributed by atoms with Crippen molar-refractivity contribution < 1.29 is 29.3 Å². The molecular weight excluding hydrogens is 510 g/mol. The summed E-state index contributed by atoms with van der Waals surface area (Å²) in [6.07, 6.45) is 3.38. The highest BCUT2D eigenvalue weighted by Gasteiger charge is 2.44. The summed E-state index contributed by atoms with van der Waals surface area (Å²) in [5.41, 5.74) is 3.19. The van der Waals surface area contributed by atoms with Gasteiger partial charge in [-0.1, -0.05) is 47.7 Å². The third-order valence-electron chi connectivity index (χ3n) is 6.69. The molecule has 1 aliphatic rings. The number of aryl methyl sites for hydroxylation is 1. The molecule has 4 aromatic rings. The zero-order valence-corrected chi connectivity index (χ0v) is 21.6. The van der Waals surface area contributed by atoms with Crippen molar-refractivity contribution in [1.29, 1.82) is 0 Å². The second-order valence-electron chi connectivity index (χ2n) is 9.47. The zero-order valence-electron chi connectivity index (χ0n) is 21.6. The fraction of sp³-hybridized carbons (Fsp3) is 0.129. The van der Waals surface area contributed by atoms with E-state index in [2.05, 4.69) is 4.98 Å². The van der Waals surface area contributed by atoms with Crippen molar-refractivity contribution in [2.45, 2.75) is 26.1 Å². The third-order valence-corrected chi connectivity index (χ3v) is 6.69. The van der Waals surface area contributed by atoms with Gasteiger partial charge in [-0.2, -0.15) is 0 Å². The van der Waals surface area contributed by atoms with Gasteiger partial charge in [0.25, 0.3) is 11.6 Å². The molecule has 1 aliphatic heterocycles. The minimum Gasteiger partial charge on any atom is -0.872 e. The Balaban J connectivity index is 1.48. The van der Waals surface area contributed by atoms with Gasteiger partial charge in [0.05, 0.1) is 11.0 Å². The lowest BCUT2D eigenvalue weighted by Crippen LogP contribution is -2.29. The maximum Gasteiger partial charge on any atom is 0.295 e. The summed E-state index contributed by atoms with van der Waals surface area (Å²) in [5, 5.41) is 24.9. The number of ketones is 1. The lowest BCUT2D eigenvalue weighted by atomic mass is 9.95. The van der Waals surface area contributed by atoms with Crippen LogP contribution in [-0.2, 0) is 22.7 Å². The van der Waals surface area contributed by atoms with Crippen LogP contribution in [0, 0.1) is 17.0 Å². The Morgan fingerprint density at radius 3 is 2.30 bits per heavy atom. The van der Waals surface area contributed by atoms with Gasteiger partial charge in [0, 0.05) is 36.4 Å². The summed E-state index contributed by atoms with van der Waals surface area (Å²) < 4.78 is 5.84. The summed E-state index contributed by atoms with van der Waals surface area (Å²) in [5.74, 6) is -1.74. The van der Waals surface area contributed by atoms with Crippen LogP contribution in [0.2, 0.25) is 0 Å². The van der Waals surface area contributed by atoms with Crippen LogP contribution in [0.5, 0.6) is 5.75 Å². The van der Waals surface area contributed by atoms with E-state index in [0.717, 1.165) is 16.7 Å². The molecule has 1 N–H and O–H groups in total. The minimum absolute atomic E-state index is 0.0728. The molecule has 200 valence electrons. The van der Waals surface area contributed by atoms with E-state index in [-0.39, 0.29) is 23.4 Å². The number of nitrogens with one attached hydrogen (secondary N) is 1. The van der Waals surface area contributed by atoms with Gasteiger partial charge in [-0.05, 0) is 53.4 Å². The predicted molar refractivity (Wildman–Crippen MR) is 143 cm³/mol. The molecule has 0 bridgehead atoms. The highest BCUT2D eigenvalue weighted by Crippen LogP contribution is 2.40. The van der Waals surface area contributed by atoms with E-state index in [0.29, 0.717) is 17.9 Å². The summed E-state index contributed by atoms with van der Waals surface area (Å²) in [6.45, 7) is 2.43. The molecule has 40 heavy (non-hydrogen) atoms. The van der Waals surface area contributed by atoms with E-state index < -0.39 is 28.4 Å². The number of ether oxygens (including phenoxy) is 1. The molecule has 9 heteroatoms. The van der Waals surface area contributed by atoms with Crippen LogP contribution in [0.4, 0.5) is 5.69 Å². The van der Waals surface area contributed by atoms with Crippen molar-refractivity contribution in [3.63, 3.8) is 0 Å². The largest absolute Gasteiger partial charge is 0.872 e. The van der Waals surface area contributed by atoms with Crippen molar-refractivity contribution in [3.05, 3.63) is 141 Å². The molecule has 1 amide bonds. The quantitative estimate of drug-likeness (QED) is 0.111. The van der Waals surface area contributed by atoms with Gasteiger partial charge in [-0.15, -0.1) is 0 Å². The van der Waals surface area contributed by atoms with Crippen LogP contribution in [0.3, 0.4) is 0 Å². The van der Waals surface area contributed by atoms with Gasteiger partial charge in [0.15, 0.2) is 12.4 Å². The van der Waals surface area contributed by atoms with Gasteiger partial charge in [0.1, 0.15) is 12.4 Å². The highest BCUT2D eigenvalue weighted by atomic mass is 16.6. The van der Waals surface area contributed by atoms with E-state index in [1.807, 2.05) is 31.2 Å². The number of non-ortho nitro benzene ring substituents is 1. The molecule has 1 unspecified atom stereocenters. The molecule has 2 heterocycles. The van der Waals surface area contributed by atoms with Crippen molar-refractivity contribution in [3.8, 4) is 5.75 Å². The maximum absolute atomic E-state index is 13.7. The molecule has 0 radical (unpaired) electrons. The van der Waals surface area contributed by atoms with E-state index in [9.17, 15) is 24.8 Å². The number of Topliss-reactive ketones (excluding diaryl/α,β-unsaturated/α-hetero) is 1. The summed E-state index contributed by atoms with van der Waals surface area (Å²) in [4.78, 5) is 41.3. The number of aromatic amines is 1. The number of amides is 1. The van der Waals surface area contributed by atoms with Gasteiger partial charge in [0.2, 0.25) is 5.78 Å². The molecule has 0 saturated carbocycles. The van der Waals surface area contributed by atoms with Crippen LogP contribution in [0.25, 0.3) is 5.76 Å². The number of pyridine rings is 1. The average Bonchev–Trinajstić information content (AvgIpc) is 3.21. The summed E-state index contributed by atoms with van der Waals surface area (Å²) in [6, 6.07) is 22.4. The smallest absolute Gasteiger partial charge is 0.295 e. The maximum atomic E-state index is 13.7. The van der Waals surface area contributed by atoms with Crippen molar-refractivity contribution >= 4 is 23.1 Å². The molecule has 1 aromatic heterocycles. The standard InChI is InChI=1S/C31H25N3O6/c1-20-3-2-4-22(17-20)19-40-26-11-7-24(8-12-26)29(35)27-28(23-5-9-25(10-6-23)34(38)39)33(31(37)30(27)36)18-21-13-15-32-16-14-21/h2-17,28,35H,18-19H2,1H3/b29-27+. The first-order valence-electron chi connectivity index (χ1n) is 12.6. The number of nitro benzene ring substituents is 1. The number of nitro groups is 1. The van der Waals surface area contributed by atoms with E-state index in [4.69, 9.17) is 4.74 Å². The van der Waals surface area contributed by atoms with Gasteiger partial charge in [-0.3, -0.25) is 19.7 Å². The normalized spacial score (nSPS) is 16.2. The minimum atomic E-state index is -1.00. The van der Waals surface area contributed by atoms with E-state index >= 15 is 0 Å². The third kappa shape index (κ3) is 5.44. The fourth-order valence-corrected chi connectivity index (χ4v) is 4.71. The Kier molecular flexibility index (Phi) is 7.37. The molecule has 5 rings (SSSR count). The first-order valence-corrected chi connectivity index (χ1v) is 12.6. The van der Waals surface area contributed by atoms with Crippen LogP contribution < -0.4 is 14.8 Å². The number of hydrogen-bond donors (Lipinski definition) is 0. The second-order valence-corrected chi connectivity index (χ2v) is 9.47. The fourth-order valence-electron chi connectivity index (χ4n) is 4.71. The number of rotatable bonds is 8. The molecular formula is C31H25N3O6. The Labute approximate surface area is 230 Å². The SMILES string of the molecule is Cc1cccc(COc2ccc(/C([O-])=C3\C(=O)C(=O)N(Cc4cc[nH+]cc4)C3c3ccc([N+](=O)[O-])cc3)cc2)c1. The lowest BCUT2D eigenvalue weighted by Gasteiger charge is -2.27. The van der Waals surface area contributed by atoms with Crippen LogP contribution >= 0.6 is 0 Å². The molecule has 3 aromatic carbocycles. The Morgan fingerprint density at radius 1 is 0.950 bits per heavy atom. The number of H-pyrrole nitrogens is 1. The monoisotopic (exact) mass is 535 g/mol. The van der Waals surface area contributed by atoms with Gasteiger partial charge in [-0.25, -0.2) is 4.98 Å². The van der Waals surface area contributed by atoms with E-state index in [1.54, 1.807) is 48.8 Å². The predicted octanol–water partition coefficient (Wildman–Crippen LogP) is 3.72. The lowest BCUT2D eigenvalue weighted by molar-refractivity contribution is -0.384. The zero-order chi connectivity index (χ0) is 28.2. The molecule has 1 saturated heterocycles. The number of carbonyl (C=O) groups is 2. The van der Waals surface area contributed by atoms with Crippen LogP contribution in [0.1, 0.15) is 33.9 Å². The number of likely N-dealkylation sites (tertiary alicyclic amines) is 1. The number of benzene rings is 3. The van der Waals surface area contributed by atoms with Crippen LogP contribution in [0.15, 0.2) is 103 Å². The van der Waals surface area contributed by atoms with Crippen molar-refractivity contribution in [2.24, 2.45) is 0 Å². The Bertz CT molecular complexity index is 1600. The number of hydrogen-bond acceptors (Lipinski definition) is 6. The summed E-state index contributed by atoms with van der Waals surface area (Å²) >= 11 is 0. The highest BCUT2D eigenvalue weighted by molar-refractivity contribution is 6.46. The second kappa shape index (κ2) is 11.2. The van der Waals surface area contributed by atoms with Gasteiger partial charge >= 0.3 is 0 Å². The topological polar surface area (TPSA) is 127 Å². The molecule has 9 nitrogen and oxygen atoms in total. The summed E-state index contributed by atoms with van der Waals surface area (Å²) in [7, 11) is 0. The first-order chi connectivity index (χ1) is 19.3. The average molecular weight is 536 g/mol. The van der Waals surface area contributed by atoms with Crippen LogP contribution in [-0.4, -0.2) is 21.5 Å². The molecule has 1 atom stereocenters. The molecule has 0 aliphatic carbocycles. The van der Waals surface area contributed by atoms with Crippen molar-refractivity contribution in [2.75, 3.05) is 0 Å². The van der Waals surface area contributed by atoms with E-state index in [1.165, 1.54) is 29.2 Å². The van der Waals surface area contributed by atoms with Crippen molar-refractivity contribution in [1.82, 2.24) is 4.90 Å². The Morgan fingerprint density at radius 2 is 1.65 bits per heavy atom. The number of carbonyl (C=O) groups excluding carboxylic acids is 2. The molecule has 1 fully saturated rings.